The standard InChI is InChI=1S/C17H14F2N2O4S2/c1-24-15-6-4-11(8-16(15)25-2)27(22,23)21-17-20-14(9-26-17)10-3-5-12(18)13(19)7-10/h3-9H,1-2H3,(H,20,21). The van der Waals surface area contributed by atoms with Gasteiger partial charge in [0.05, 0.1) is 24.8 Å². The predicted octanol–water partition coefficient (Wildman–Crippen LogP) is 3.91. The fourth-order valence-electron chi connectivity index (χ4n) is 2.27. The van der Waals surface area contributed by atoms with Crippen LogP contribution in [0.2, 0.25) is 0 Å². The summed E-state index contributed by atoms with van der Waals surface area (Å²) in [6.45, 7) is 0. The van der Waals surface area contributed by atoms with Crippen LogP contribution in [0, 0.1) is 11.6 Å². The van der Waals surface area contributed by atoms with Crippen LogP contribution >= 0.6 is 11.3 Å². The Hall–Kier alpha value is -2.72. The van der Waals surface area contributed by atoms with Crippen molar-refractivity contribution in [3.63, 3.8) is 0 Å². The van der Waals surface area contributed by atoms with Gasteiger partial charge in [-0.3, -0.25) is 4.72 Å². The maximum atomic E-state index is 13.4. The van der Waals surface area contributed by atoms with E-state index in [0.717, 1.165) is 23.5 Å². The first-order chi connectivity index (χ1) is 12.8. The number of anilines is 1. The summed E-state index contributed by atoms with van der Waals surface area (Å²) in [6, 6.07) is 7.51. The third-order valence-electron chi connectivity index (χ3n) is 3.61. The number of benzene rings is 2. The molecule has 0 fully saturated rings. The van der Waals surface area contributed by atoms with Gasteiger partial charge < -0.3 is 9.47 Å². The Kier molecular flexibility index (Phi) is 5.29. The minimum atomic E-state index is -3.93. The molecule has 0 amide bonds. The Morgan fingerprint density at radius 2 is 1.74 bits per heavy atom. The van der Waals surface area contributed by atoms with Gasteiger partial charge in [-0.2, -0.15) is 0 Å². The van der Waals surface area contributed by atoms with Crippen LogP contribution in [0.1, 0.15) is 0 Å². The molecule has 0 saturated carbocycles. The van der Waals surface area contributed by atoms with E-state index in [-0.39, 0.29) is 15.8 Å². The van der Waals surface area contributed by atoms with E-state index in [0.29, 0.717) is 17.0 Å². The first-order valence-electron chi connectivity index (χ1n) is 7.50. The lowest BCUT2D eigenvalue weighted by Gasteiger charge is -2.10. The van der Waals surface area contributed by atoms with Crippen LogP contribution in [0.15, 0.2) is 46.7 Å². The van der Waals surface area contributed by atoms with Crippen molar-refractivity contribution >= 4 is 26.5 Å². The van der Waals surface area contributed by atoms with Crippen LogP contribution in [0.4, 0.5) is 13.9 Å². The second-order valence-electron chi connectivity index (χ2n) is 5.29. The Labute approximate surface area is 158 Å². The minimum absolute atomic E-state index is 0.0373. The SMILES string of the molecule is COc1ccc(S(=O)(=O)Nc2nc(-c3ccc(F)c(F)c3)cs2)cc1OC. The molecule has 1 N–H and O–H groups in total. The quantitative estimate of drug-likeness (QED) is 0.664. The van der Waals surface area contributed by atoms with Gasteiger partial charge in [0, 0.05) is 17.0 Å². The van der Waals surface area contributed by atoms with Gasteiger partial charge in [-0.05, 0) is 30.3 Å². The first kappa shape index (κ1) is 19.1. The van der Waals surface area contributed by atoms with Crippen LogP contribution in [0.3, 0.4) is 0 Å². The fraction of sp³-hybridized carbons (Fsp3) is 0.118. The van der Waals surface area contributed by atoms with E-state index in [1.807, 2.05) is 0 Å². The van der Waals surface area contributed by atoms with Crippen LogP contribution in [0.25, 0.3) is 11.3 Å². The molecule has 6 nitrogen and oxygen atoms in total. The maximum Gasteiger partial charge on any atom is 0.263 e. The molecule has 1 heterocycles. The number of halogens is 2. The van der Waals surface area contributed by atoms with Gasteiger partial charge >= 0.3 is 0 Å². The number of rotatable bonds is 6. The number of hydrogen-bond donors (Lipinski definition) is 1. The van der Waals surface area contributed by atoms with Gasteiger partial charge in [-0.1, -0.05) is 0 Å². The fourth-order valence-corrected chi connectivity index (χ4v) is 4.25. The Morgan fingerprint density at radius 3 is 2.41 bits per heavy atom. The van der Waals surface area contributed by atoms with E-state index in [9.17, 15) is 17.2 Å². The molecule has 0 unspecified atom stereocenters. The third kappa shape index (κ3) is 4.01. The summed E-state index contributed by atoms with van der Waals surface area (Å²) in [5.74, 6) is -1.32. The van der Waals surface area contributed by atoms with E-state index < -0.39 is 21.7 Å². The number of nitrogens with zero attached hydrogens (tertiary/aromatic N) is 1. The van der Waals surface area contributed by atoms with Crippen molar-refractivity contribution < 1.29 is 26.7 Å². The topological polar surface area (TPSA) is 77.5 Å². The van der Waals surface area contributed by atoms with Crippen molar-refractivity contribution in [2.75, 3.05) is 18.9 Å². The van der Waals surface area contributed by atoms with Crippen molar-refractivity contribution in [1.29, 1.82) is 0 Å². The molecule has 0 radical (unpaired) electrons. The normalized spacial score (nSPS) is 11.3. The van der Waals surface area contributed by atoms with Gasteiger partial charge in [-0.15, -0.1) is 11.3 Å². The molecule has 0 spiro atoms. The minimum Gasteiger partial charge on any atom is -0.493 e. The molecule has 0 bridgehead atoms. The Bertz CT molecular complexity index is 1080. The number of methoxy groups -OCH3 is 2. The molecule has 0 atom stereocenters. The van der Waals surface area contributed by atoms with Crippen molar-refractivity contribution in [3.05, 3.63) is 53.4 Å². The summed E-state index contributed by atoms with van der Waals surface area (Å²) < 4.78 is 64.1. The molecule has 0 aliphatic heterocycles. The zero-order chi connectivity index (χ0) is 19.6. The monoisotopic (exact) mass is 412 g/mol. The second kappa shape index (κ2) is 7.49. The molecule has 142 valence electrons. The highest BCUT2D eigenvalue weighted by Crippen LogP contribution is 2.31. The molecule has 3 aromatic rings. The molecule has 0 aliphatic rings. The van der Waals surface area contributed by atoms with E-state index in [2.05, 4.69) is 9.71 Å². The zero-order valence-electron chi connectivity index (χ0n) is 14.2. The zero-order valence-corrected chi connectivity index (χ0v) is 15.8. The number of thiazole rings is 1. The number of hydrogen-bond acceptors (Lipinski definition) is 6. The van der Waals surface area contributed by atoms with E-state index in [1.54, 1.807) is 5.38 Å². The first-order valence-corrected chi connectivity index (χ1v) is 9.86. The van der Waals surface area contributed by atoms with Crippen molar-refractivity contribution in [1.82, 2.24) is 4.98 Å². The molecular weight excluding hydrogens is 398 g/mol. The lowest BCUT2D eigenvalue weighted by molar-refractivity contribution is 0.354. The average molecular weight is 412 g/mol. The predicted molar refractivity (Wildman–Crippen MR) is 97.8 cm³/mol. The molecule has 10 heteroatoms. The number of sulfonamides is 1. The second-order valence-corrected chi connectivity index (χ2v) is 7.83. The average Bonchev–Trinajstić information content (AvgIpc) is 3.11. The summed E-state index contributed by atoms with van der Waals surface area (Å²) >= 11 is 1.02. The highest BCUT2D eigenvalue weighted by Gasteiger charge is 2.19. The van der Waals surface area contributed by atoms with Crippen LogP contribution in [-0.2, 0) is 10.0 Å². The highest BCUT2D eigenvalue weighted by molar-refractivity contribution is 7.93. The summed E-state index contributed by atoms with van der Waals surface area (Å²) in [5, 5.41) is 1.63. The third-order valence-corrected chi connectivity index (χ3v) is 5.83. The largest absolute Gasteiger partial charge is 0.493 e. The van der Waals surface area contributed by atoms with Gasteiger partial charge in [0.15, 0.2) is 28.3 Å². The van der Waals surface area contributed by atoms with E-state index in [1.165, 1.54) is 38.5 Å². The number of ether oxygens (including phenoxy) is 2. The number of nitrogens with one attached hydrogen (secondary N) is 1. The Balaban J connectivity index is 1.86. The van der Waals surface area contributed by atoms with Gasteiger partial charge in [0.2, 0.25) is 0 Å². The molecule has 2 aromatic carbocycles. The molecule has 1 aromatic heterocycles. The van der Waals surface area contributed by atoms with Crippen LogP contribution < -0.4 is 14.2 Å². The lowest BCUT2D eigenvalue weighted by Crippen LogP contribution is -2.13. The summed E-state index contributed by atoms with van der Waals surface area (Å²) in [7, 11) is -1.08. The smallest absolute Gasteiger partial charge is 0.263 e. The van der Waals surface area contributed by atoms with E-state index >= 15 is 0 Å². The molecule has 0 saturated heterocycles. The Morgan fingerprint density at radius 1 is 1.00 bits per heavy atom. The highest BCUT2D eigenvalue weighted by atomic mass is 32.2. The van der Waals surface area contributed by atoms with Crippen LogP contribution in [-0.4, -0.2) is 27.6 Å². The molecular formula is C17H14F2N2O4S2. The van der Waals surface area contributed by atoms with Gasteiger partial charge in [0.25, 0.3) is 10.0 Å². The van der Waals surface area contributed by atoms with Gasteiger partial charge in [0.1, 0.15) is 0 Å². The van der Waals surface area contributed by atoms with E-state index in [4.69, 9.17) is 9.47 Å². The lowest BCUT2D eigenvalue weighted by atomic mass is 10.2. The molecule has 27 heavy (non-hydrogen) atoms. The molecule has 3 rings (SSSR count). The summed E-state index contributed by atoms with van der Waals surface area (Å²) in [4.78, 5) is 4.08. The summed E-state index contributed by atoms with van der Waals surface area (Å²) in [5.41, 5.74) is 0.658. The van der Waals surface area contributed by atoms with Crippen molar-refractivity contribution in [2.45, 2.75) is 4.90 Å². The number of aromatic nitrogens is 1. The summed E-state index contributed by atoms with van der Waals surface area (Å²) in [6.07, 6.45) is 0. The maximum absolute atomic E-state index is 13.4. The van der Waals surface area contributed by atoms with Crippen LogP contribution in [0.5, 0.6) is 11.5 Å². The van der Waals surface area contributed by atoms with Crippen molar-refractivity contribution in [3.8, 4) is 22.8 Å². The van der Waals surface area contributed by atoms with Crippen molar-refractivity contribution in [2.24, 2.45) is 0 Å². The molecule has 0 aliphatic carbocycles. The van der Waals surface area contributed by atoms with Gasteiger partial charge in [-0.25, -0.2) is 22.2 Å².